The first kappa shape index (κ1) is 8.36. The number of aromatic nitrogens is 4. The molecule has 6 heteroatoms. The highest BCUT2D eigenvalue weighted by molar-refractivity contribution is 5.74. The lowest BCUT2D eigenvalue weighted by atomic mass is 10.5. The van der Waals surface area contributed by atoms with E-state index < -0.39 is 0 Å². The third-order valence-electron chi connectivity index (χ3n) is 1.67. The fraction of sp³-hybridized carbons (Fsp3) is 0. The van der Waals surface area contributed by atoms with Gasteiger partial charge in [0.2, 0.25) is 0 Å². The largest absolute Gasteiger partial charge is 0.333 e. The van der Waals surface area contributed by atoms with Crippen molar-refractivity contribution >= 4 is 12.6 Å². The van der Waals surface area contributed by atoms with Crippen LogP contribution in [0.5, 0.6) is 0 Å². The lowest BCUT2D eigenvalue weighted by Crippen LogP contribution is -1.85. The minimum absolute atomic E-state index is 0.365. The molecule has 0 saturated heterocycles. The number of nitrogens with zero attached hydrogens (tertiary/aromatic N) is 2. The van der Waals surface area contributed by atoms with E-state index in [9.17, 15) is 9.59 Å². The minimum atomic E-state index is 0.365. The molecule has 0 spiro atoms. The Labute approximate surface area is 78.4 Å². The molecule has 0 fully saturated rings. The summed E-state index contributed by atoms with van der Waals surface area (Å²) in [6.45, 7) is 0. The SMILES string of the molecule is O=Cc1cnc(-c2ncc(C=O)[nH]2)[nH]1. The molecule has 0 aromatic carbocycles. The van der Waals surface area contributed by atoms with E-state index in [2.05, 4.69) is 19.9 Å². The Morgan fingerprint density at radius 2 is 1.36 bits per heavy atom. The second-order valence-corrected chi connectivity index (χ2v) is 2.61. The van der Waals surface area contributed by atoms with Gasteiger partial charge in [-0.15, -0.1) is 0 Å². The second kappa shape index (κ2) is 3.25. The first-order valence-corrected chi connectivity index (χ1v) is 3.84. The first-order valence-electron chi connectivity index (χ1n) is 3.84. The van der Waals surface area contributed by atoms with Gasteiger partial charge >= 0.3 is 0 Å². The molecule has 0 radical (unpaired) electrons. The number of nitrogens with one attached hydrogen (secondary N) is 2. The minimum Gasteiger partial charge on any atom is -0.333 e. The smallest absolute Gasteiger partial charge is 0.174 e. The van der Waals surface area contributed by atoms with Crippen molar-refractivity contribution in [3.8, 4) is 11.6 Å². The lowest BCUT2D eigenvalue weighted by Gasteiger charge is -1.87. The van der Waals surface area contributed by atoms with Gasteiger partial charge in [-0.05, 0) is 0 Å². The fourth-order valence-electron chi connectivity index (χ4n) is 1.03. The monoisotopic (exact) mass is 190 g/mol. The molecular weight excluding hydrogens is 184 g/mol. The molecule has 0 amide bonds. The average molecular weight is 190 g/mol. The molecule has 2 aromatic rings. The molecule has 6 nitrogen and oxygen atoms in total. The van der Waals surface area contributed by atoms with E-state index in [1.54, 1.807) is 0 Å². The number of aromatic amines is 2. The summed E-state index contributed by atoms with van der Waals surface area (Å²) in [5.74, 6) is 0.861. The van der Waals surface area contributed by atoms with Crippen molar-refractivity contribution < 1.29 is 9.59 Å². The Hall–Kier alpha value is -2.24. The van der Waals surface area contributed by atoms with E-state index in [1.807, 2.05) is 0 Å². The molecule has 70 valence electrons. The molecule has 2 N–H and O–H groups in total. The highest BCUT2D eigenvalue weighted by Crippen LogP contribution is 2.09. The Balaban J connectivity index is 2.38. The van der Waals surface area contributed by atoms with Crippen LogP contribution in [0, 0.1) is 0 Å². The summed E-state index contributed by atoms with van der Waals surface area (Å²) in [7, 11) is 0. The summed E-state index contributed by atoms with van der Waals surface area (Å²) in [6, 6.07) is 0. The number of imidazole rings is 2. The van der Waals surface area contributed by atoms with Crippen molar-refractivity contribution in [2.75, 3.05) is 0 Å². The van der Waals surface area contributed by atoms with Gasteiger partial charge in [0.25, 0.3) is 0 Å². The van der Waals surface area contributed by atoms with Gasteiger partial charge in [0.05, 0.1) is 23.8 Å². The predicted molar refractivity (Wildman–Crippen MR) is 46.9 cm³/mol. The van der Waals surface area contributed by atoms with Crippen LogP contribution >= 0.6 is 0 Å². The Kier molecular flexibility index (Phi) is 1.94. The molecule has 0 bridgehead atoms. The summed E-state index contributed by atoms with van der Waals surface area (Å²) in [5.41, 5.74) is 0.730. The standard InChI is InChI=1S/C8H6N4O2/c13-3-5-1-9-7(11-5)8-10-2-6(4-14)12-8/h1-4H,(H,9,11)(H,10,12). The van der Waals surface area contributed by atoms with Gasteiger partial charge in [0, 0.05) is 0 Å². The zero-order valence-corrected chi connectivity index (χ0v) is 7.02. The van der Waals surface area contributed by atoms with E-state index in [0.717, 1.165) is 0 Å². The Bertz CT molecular complexity index is 427. The average Bonchev–Trinajstić information content (AvgIpc) is 2.86. The highest BCUT2D eigenvalue weighted by atomic mass is 16.1. The first-order chi connectivity index (χ1) is 6.83. The van der Waals surface area contributed by atoms with Gasteiger partial charge in [-0.25, -0.2) is 9.97 Å². The normalized spacial score (nSPS) is 10.0. The van der Waals surface area contributed by atoms with E-state index in [1.165, 1.54) is 12.4 Å². The lowest BCUT2D eigenvalue weighted by molar-refractivity contribution is 0.111. The number of aldehydes is 2. The number of hydrogen-bond acceptors (Lipinski definition) is 4. The van der Waals surface area contributed by atoms with E-state index in [0.29, 0.717) is 35.6 Å². The zero-order chi connectivity index (χ0) is 9.97. The van der Waals surface area contributed by atoms with Crippen molar-refractivity contribution in [2.24, 2.45) is 0 Å². The van der Waals surface area contributed by atoms with Crippen LogP contribution in [0.15, 0.2) is 12.4 Å². The Morgan fingerprint density at radius 1 is 0.929 bits per heavy atom. The maximum atomic E-state index is 10.4. The summed E-state index contributed by atoms with van der Waals surface area (Å²) < 4.78 is 0. The summed E-state index contributed by atoms with van der Waals surface area (Å²) in [5, 5.41) is 0. The molecule has 2 aromatic heterocycles. The molecule has 0 atom stereocenters. The fourth-order valence-corrected chi connectivity index (χ4v) is 1.03. The van der Waals surface area contributed by atoms with Crippen molar-refractivity contribution in [2.45, 2.75) is 0 Å². The van der Waals surface area contributed by atoms with Crippen molar-refractivity contribution in [3.63, 3.8) is 0 Å². The van der Waals surface area contributed by atoms with Gasteiger partial charge in [-0.3, -0.25) is 9.59 Å². The van der Waals surface area contributed by atoms with Crippen LogP contribution in [-0.4, -0.2) is 32.5 Å². The third-order valence-corrected chi connectivity index (χ3v) is 1.67. The molecule has 0 aliphatic heterocycles. The number of H-pyrrole nitrogens is 2. The number of carbonyl (C=O) groups is 2. The van der Waals surface area contributed by atoms with Crippen LogP contribution in [0.3, 0.4) is 0 Å². The van der Waals surface area contributed by atoms with E-state index in [-0.39, 0.29) is 0 Å². The van der Waals surface area contributed by atoms with Crippen molar-refractivity contribution in [3.05, 3.63) is 23.8 Å². The van der Waals surface area contributed by atoms with Crippen molar-refractivity contribution in [1.29, 1.82) is 0 Å². The predicted octanol–water partition coefficient (Wildman–Crippen LogP) is 0.425. The van der Waals surface area contributed by atoms with Gasteiger partial charge in [0.15, 0.2) is 24.2 Å². The van der Waals surface area contributed by atoms with Gasteiger partial charge < -0.3 is 9.97 Å². The summed E-state index contributed by atoms with van der Waals surface area (Å²) in [4.78, 5) is 34.0. The quantitative estimate of drug-likeness (QED) is 0.686. The molecule has 0 aliphatic carbocycles. The molecule has 2 rings (SSSR count). The molecule has 0 saturated carbocycles. The topological polar surface area (TPSA) is 91.5 Å². The maximum absolute atomic E-state index is 10.4. The van der Waals surface area contributed by atoms with E-state index in [4.69, 9.17) is 0 Å². The summed E-state index contributed by atoms with van der Waals surface area (Å²) in [6.07, 6.45) is 4.09. The number of carbonyl (C=O) groups excluding carboxylic acids is 2. The van der Waals surface area contributed by atoms with Gasteiger partial charge in [-0.1, -0.05) is 0 Å². The van der Waals surface area contributed by atoms with Gasteiger partial charge in [0.1, 0.15) is 0 Å². The Morgan fingerprint density at radius 3 is 1.64 bits per heavy atom. The molecule has 0 aliphatic rings. The number of rotatable bonds is 3. The second-order valence-electron chi connectivity index (χ2n) is 2.61. The molecule has 0 unspecified atom stereocenters. The van der Waals surface area contributed by atoms with Crippen LogP contribution in [0.2, 0.25) is 0 Å². The van der Waals surface area contributed by atoms with Crippen LogP contribution in [0.1, 0.15) is 21.0 Å². The zero-order valence-electron chi connectivity index (χ0n) is 7.02. The summed E-state index contributed by atoms with van der Waals surface area (Å²) >= 11 is 0. The van der Waals surface area contributed by atoms with Crippen LogP contribution in [0.25, 0.3) is 11.6 Å². The number of hydrogen-bond donors (Lipinski definition) is 2. The third kappa shape index (κ3) is 1.33. The van der Waals surface area contributed by atoms with Crippen LogP contribution in [-0.2, 0) is 0 Å². The van der Waals surface area contributed by atoms with Crippen LogP contribution in [0.4, 0.5) is 0 Å². The van der Waals surface area contributed by atoms with E-state index >= 15 is 0 Å². The van der Waals surface area contributed by atoms with Crippen molar-refractivity contribution in [1.82, 2.24) is 19.9 Å². The maximum Gasteiger partial charge on any atom is 0.174 e. The highest BCUT2D eigenvalue weighted by Gasteiger charge is 2.06. The molecular formula is C8H6N4O2. The molecule has 14 heavy (non-hydrogen) atoms. The molecule has 2 heterocycles. The van der Waals surface area contributed by atoms with Gasteiger partial charge in [-0.2, -0.15) is 0 Å². The van der Waals surface area contributed by atoms with Crippen LogP contribution < -0.4 is 0 Å².